The summed E-state index contributed by atoms with van der Waals surface area (Å²) in [5.41, 5.74) is 1.37. The van der Waals surface area contributed by atoms with E-state index in [0.29, 0.717) is 18.2 Å². The molecule has 0 radical (unpaired) electrons. The van der Waals surface area contributed by atoms with Crippen LogP contribution in [0.15, 0.2) is 18.2 Å². The van der Waals surface area contributed by atoms with E-state index < -0.39 is 6.10 Å². The van der Waals surface area contributed by atoms with E-state index in [1.54, 1.807) is 19.1 Å². The molecule has 0 amide bonds. The summed E-state index contributed by atoms with van der Waals surface area (Å²) in [7, 11) is 0. The number of rotatable bonds is 4. The Morgan fingerprint density at radius 3 is 2.76 bits per heavy atom. The fraction of sp³-hybridized carbons (Fsp3) is 0.571. The lowest BCUT2D eigenvalue weighted by Gasteiger charge is -2.16. The summed E-state index contributed by atoms with van der Waals surface area (Å²) >= 11 is 0. The SMILES string of the molecule is Cc1cc(C(O)CNC2CCCC2)ccc1F. The molecule has 1 atom stereocenters. The molecule has 0 aliphatic heterocycles. The maximum absolute atomic E-state index is 13.1. The van der Waals surface area contributed by atoms with Gasteiger partial charge in [-0.3, -0.25) is 0 Å². The van der Waals surface area contributed by atoms with Crippen molar-refractivity contribution in [1.29, 1.82) is 0 Å². The minimum Gasteiger partial charge on any atom is -0.387 e. The zero-order valence-corrected chi connectivity index (χ0v) is 10.2. The minimum atomic E-state index is -0.546. The molecular formula is C14H20FNO. The zero-order chi connectivity index (χ0) is 12.3. The van der Waals surface area contributed by atoms with Gasteiger partial charge >= 0.3 is 0 Å². The van der Waals surface area contributed by atoms with Gasteiger partial charge in [0.15, 0.2) is 0 Å². The average molecular weight is 237 g/mol. The summed E-state index contributed by atoms with van der Waals surface area (Å²) in [4.78, 5) is 0. The molecule has 0 aromatic heterocycles. The number of hydrogen-bond donors (Lipinski definition) is 2. The van der Waals surface area contributed by atoms with E-state index in [-0.39, 0.29) is 5.82 Å². The first-order valence-electron chi connectivity index (χ1n) is 6.34. The molecule has 17 heavy (non-hydrogen) atoms. The van der Waals surface area contributed by atoms with Crippen LogP contribution >= 0.6 is 0 Å². The maximum Gasteiger partial charge on any atom is 0.126 e. The molecule has 1 aliphatic carbocycles. The summed E-state index contributed by atoms with van der Waals surface area (Å²) < 4.78 is 13.1. The van der Waals surface area contributed by atoms with E-state index in [2.05, 4.69) is 5.32 Å². The van der Waals surface area contributed by atoms with E-state index in [9.17, 15) is 9.50 Å². The van der Waals surface area contributed by atoms with Gasteiger partial charge in [0, 0.05) is 12.6 Å². The second-order valence-corrected chi connectivity index (χ2v) is 4.91. The van der Waals surface area contributed by atoms with Crippen molar-refractivity contribution >= 4 is 0 Å². The summed E-state index contributed by atoms with van der Waals surface area (Å²) in [5, 5.41) is 13.4. The van der Waals surface area contributed by atoms with Gasteiger partial charge in [0.2, 0.25) is 0 Å². The molecule has 0 saturated heterocycles. The van der Waals surface area contributed by atoms with Crippen molar-refractivity contribution in [3.63, 3.8) is 0 Å². The summed E-state index contributed by atoms with van der Waals surface area (Å²) in [6.07, 6.45) is 4.42. The van der Waals surface area contributed by atoms with E-state index in [1.807, 2.05) is 0 Å². The number of halogens is 1. The highest BCUT2D eigenvalue weighted by Gasteiger charge is 2.16. The first-order valence-corrected chi connectivity index (χ1v) is 6.34. The van der Waals surface area contributed by atoms with E-state index in [4.69, 9.17) is 0 Å². The van der Waals surface area contributed by atoms with E-state index in [0.717, 1.165) is 5.56 Å². The summed E-state index contributed by atoms with van der Waals surface area (Å²) in [5.74, 6) is -0.218. The van der Waals surface area contributed by atoms with Gasteiger partial charge in [0.1, 0.15) is 5.82 Å². The molecule has 3 heteroatoms. The third-order valence-electron chi connectivity index (χ3n) is 3.52. The average Bonchev–Trinajstić information content (AvgIpc) is 2.82. The van der Waals surface area contributed by atoms with Gasteiger partial charge in [-0.2, -0.15) is 0 Å². The smallest absolute Gasteiger partial charge is 0.126 e. The highest BCUT2D eigenvalue weighted by atomic mass is 19.1. The molecule has 2 N–H and O–H groups in total. The van der Waals surface area contributed by atoms with Crippen LogP contribution in [0.4, 0.5) is 4.39 Å². The highest BCUT2D eigenvalue weighted by Crippen LogP contribution is 2.20. The van der Waals surface area contributed by atoms with Crippen LogP contribution in [0.25, 0.3) is 0 Å². The maximum atomic E-state index is 13.1. The van der Waals surface area contributed by atoms with Crippen molar-refractivity contribution in [3.8, 4) is 0 Å². The van der Waals surface area contributed by atoms with Crippen LogP contribution in [0.1, 0.15) is 42.9 Å². The van der Waals surface area contributed by atoms with Crippen LogP contribution in [-0.2, 0) is 0 Å². The lowest BCUT2D eigenvalue weighted by atomic mass is 10.1. The van der Waals surface area contributed by atoms with Gasteiger partial charge in [-0.25, -0.2) is 4.39 Å². The molecule has 0 spiro atoms. The molecule has 1 unspecified atom stereocenters. The molecule has 1 aromatic carbocycles. The Morgan fingerprint density at radius 1 is 1.41 bits per heavy atom. The molecule has 1 saturated carbocycles. The molecule has 2 rings (SSSR count). The number of nitrogens with one attached hydrogen (secondary N) is 1. The van der Waals surface area contributed by atoms with Crippen molar-refractivity contribution in [2.75, 3.05) is 6.54 Å². The fourth-order valence-electron chi connectivity index (χ4n) is 2.40. The zero-order valence-electron chi connectivity index (χ0n) is 10.2. The Labute approximate surface area is 102 Å². The highest BCUT2D eigenvalue weighted by molar-refractivity contribution is 5.25. The van der Waals surface area contributed by atoms with Crippen molar-refractivity contribution in [2.24, 2.45) is 0 Å². The second kappa shape index (κ2) is 5.61. The van der Waals surface area contributed by atoms with Gasteiger partial charge in [-0.15, -0.1) is 0 Å². The molecule has 0 bridgehead atoms. The Kier molecular flexibility index (Phi) is 4.13. The predicted molar refractivity (Wildman–Crippen MR) is 66.4 cm³/mol. The van der Waals surface area contributed by atoms with Crippen LogP contribution < -0.4 is 5.32 Å². The van der Waals surface area contributed by atoms with E-state index >= 15 is 0 Å². The van der Waals surface area contributed by atoms with Gasteiger partial charge in [0.05, 0.1) is 6.10 Å². The van der Waals surface area contributed by atoms with Crippen molar-refractivity contribution in [1.82, 2.24) is 5.32 Å². The van der Waals surface area contributed by atoms with Crippen LogP contribution in [0.3, 0.4) is 0 Å². The summed E-state index contributed by atoms with van der Waals surface area (Å²) in [6.45, 7) is 2.27. The van der Waals surface area contributed by atoms with Crippen LogP contribution in [0.2, 0.25) is 0 Å². The number of aliphatic hydroxyl groups is 1. The number of hydrogen-bond acceptors (Lipinski definition) is 2. The number of benzene rings is 1. The molecule has 94 valence electrons. The van der Waals surface area contributed by atoms with Gasteiger partial charge in [-0.1, -0.05) is 25.0 Å². The lowest BCUT2D eigenvalue weighted by Crippen LogP contribution is -2.30. The second-order valence-electron chi connectivity index (χ2n) is 4.91. The van der Waals surface area contributed by atoms with Crippen LogP contribution in [0.5, 0.6) is 0 Å². The standard InChI is InChI=1S/C14H20FNO/c1-10-8-11(6-7-13(10)15)14(17)9-16-12-4-2-3-5-12/h6-8,12,14,16-17H,2-5,9H2,1H3. The monoisotopic (exact) mass is 237 g/mol. The molecule has 1 aromatic rings. The Morgan fingerprint density at radius 2 is 2.12 bits per heavy atom. The Balaban J connectivity index is 1.89. The largest absolute Gasteiger partial charge is 0.387 e. The third kappa shape index (κ3) is 3.27. The third-order valence-corrected chi connectivity index (χ3v) is 3.52. The predicted octanol–water partition coefficient (Wildman–Crippen LogP) is 2.70. The lowest BCUT2D eigenvalue weighted by molar-refractivity contribution is 0.169. The molecule has 0 heterocycles. The Bertz CT molecular complexity index is 374. The van der Waals surface area contributed by atoms with Gasteiger partial charge in [-0.05, 0) is 37.0 Å². The van der Waals surface area contributed by atoms with Crippen LogP contribution in [-0.4, -0.2) is 17.7 Å². The normalized spacial score (nSPS) is 18.5. The van der Waals surface area contributed by atoms with Crippen LogP contribution in [0, 0.1) is 12.7 Å². The molecule has 1 fully saturated rings. The van der Waals surface area contributed by atoms with Crippen molar-refractivity contribution in [2.45, 2.75) is 44.8 Å². The minimum absolute atomic E-state index is 0.218. The number of aliphatic hydroxyl groups excluding tert-OH is 1. The Hall–Kier alpha value is -0.930. The fourth-order valence-corrected chi connectivity index (χ4v) is 2.40. The molecule has 1 aliphatic rings. The van der Waals surface area contributed by atoms with Gasteiger partial charge < -0.3 is 10.4 Å². The quantitative estimate of drug-likeness (QED) is 0.844. The number of aryl methyl sites for hydroxylation is 1. The topological polar surface area (TPSA) is 32.3 Å². The van der Waals surface area contributed by atoms with Crippen molar-refractivity contribution < 1.29 is 9.50 Å². The first-order chi connectivity index (χ1) is 8.16. The molecular weight excluding hydrogens is 217 g/mol. The molecule has 2 nitrogen and oxygen atoms in total. The first kappa shape index (κ1) is 12.5. The van der Waals surface area contributed by atoms with Gasteiger partial charge in [0.25, 0.3) is 0 Å². The van der Waals surface area contributed by atoms with E-state index in [1.165, 1.54) is 31.7 Å². The summed E-state index contributed by atoms with van der Waals surface area (Å²) in [6, 6.07) is 5.34. The van der Waals surface area contributed by atoms with Crippen molar-refractivity contribution in [3.05, 3.63) is 35.1 Å².